The number of halogens is 3. The van der Waals surface area contributed by atoms with Crippen LogP contribution in [-0.4, -0.2) is 53.7 Å². The molecule has 6 nitrogen and oxygen atoms in total. The quantitative estimate of drug-likeness (QED) is 0.649. The molecule has 1 saturated carbocycles. The van der Waals surface area contributed by atoms with Crippen molar-refractivity contribution < 1.29 is 27.6 Å². The molecule has 1 aromatic carbocycles. The molecule has 0 spiro atoms. The summed E-state index contributed by atoms with van der Waals surface area (Å²) in [6.07, 6.45) is 0.603. The number of piperazine rings is 1. The molecule has 26 heavy (non-hydrogen) atoms. The van der Waals surface area contributed by atoms with Gasteiger partial charge in [-0.1, -0.05) is 0 Å². The topological polar surface area (TPSA) is 69.7 Å². The molecule has 0 bridgehead atoms. The minimum atomic E-state index is -1.68. The summed E-state index contributed by atoms with van der Waals surface area (Å²) in [6, 6.07) is 1.62. The molecule has 0 radical (unpaired) electrons. The van der Waals surface area contributed by atoms with Crippen LogP contribution in [0.5, 0.6) is 0 Å². The molecule has 1 aliphatic carbocycles. The maximum Gasteiger partial charge on any atom is 0.240 e. The van der Waals surface area contributed by atoms with Gasteiger partial charge in [0.05, 0.1) is 5.69 Å². The van der Waals surface area contributed by atoms with Crippen molar-refractivity contribution in [1.29, 1.82) is 0 Å². The third-order valence-corrected chi connectivity index (χ3v) is 4.89. The van der Waals surface area contributed by atoms with Crippen LogP contribution in [0.15, 0.2) is 12.1 Å². The van der Waals surface area contributed by atoms with E-state index in [2.05, 4.69) is 5.32 Å². The highest BCUT2D eigenvalue weighted by atomic mass is 19.2. The summed E-state index contributed by atoms with van der Waals surface area (Å²) in [5, 5.41) is 2.20. The van der Waals surface area contributed by atoms with Crippen LogP contribution in [0.1, 0.15) is 19.8 Å². The van der Waals surface area contributed by atoms with Crippen molar-refractivity contribution in [2.75, 3.05) is 31.5 Å². The monoisotopic (exact) mass is 369 g/mol. The largest absolute Gasteiger partial charge is 0.339 e. The van der Waals surface area contributed by atoms with E-state index in [0.29, 0.717) is 45.1 Å². The van der Waals surface area contributed by atoms with Gasteiger partial charge in [0.2, 0.25) is 17.7 Å². The predicted molar refractivity (Wildman–Crippen MR) is 85.4 cm³/mol. The predicted octanol–water partition coefficient (Wildman–Crippen LogP) is 1.51. The highest BCUT2D eigenvalue weighted by molar-refractivity contribution is 6.13. The fraction of sp³-hybridized carbons (Fsp3) is 0.471. The Bertz CT molecular complexity index is 772. The van der Waals surface area contributed by atoms with Gasteiger partial charge in [-0.25, -0.2) is 13.2 Å². The molecule has 2 aliphatic rings. The summed E-state index contributed by atoms with van der Waals surface area (Å²) in [5.41, 5.74) is -1.82. The SMILES string of the molecule is CC(=O)N1CCN(C(=O)C2(C(=O)Nc3ccc(F)c(F)c3F)CC2)CC1. The number of benzene rings is 1. The van der Waals surface area contributed by atoms with Crippen LogP contribution in [0.3, 0.4) is 0 Å². The van der Waals surface area contributed by atoms with Gasteiger partial charge in [0.25, 0.3) is 0 Å². The fourth-order valence-electron chi connectivity index (χ4n) is 3.05. The molecule has 1 N–H and O–H groups in total. The summed E-state index contributed by atoms with van der Waals surface area (Å²) in [6.45, 7) is 2.84. The second-order valence-electron chi connectivity index (χ2n) is 6.56. The number of carbonyl (C=O) groups is 3. The van der Waals surface area contributed by atoms with Gasteiger partial charge >= 0.3 is 0 Å². The standard InChI is InChI=1S/C17H18F3N3O3/c1-10(24)22-6-8-23(9-7-22)16(26)17(4-5-17)15(25)21-12-3-2-11(18)13(19)14(12)20/h2-3H,4-9H2,1H3,(H,21,25). The average molecular weight is 369 g/mol. The van der Waals surface area contributed by atoms with Crippen LogP contribution in [-0.2, 0) is 14.4 Å². The maximum absolute atomic E-state index is 13.7. The first kappa shape index (κ1) is 18.2. The van der Waals surface area contributed by atoms with Crippen LogP contribution in [0.4, 0.5) is 18.9 Å². The summed E-state index contributed by atoms with van der Waals surface area (Å²) in [4.78, 5) is 39.7. The number of carbonyl (C=O) groups excluding carboxylic acids is 3. The number of nitrogens with zero attached hydrogens (tertiary/aromatic N) is 2. The van der Waals surface area contributed by atoms with Crippen molar-refractivity contribution in [3.05, 3.63) is 29.6 Å². The van der Waals surface area contributed by atoms with E-state index in [-0.39, 0.29) is 11.8 Å². The Morgan fingerprint density at radius 2 is 1.54 bits per heavy atom. The molecule has 1 saturated heterocycles. The molecule has 3 amide bonds. The highest BCUT2D eigenvalue weighted by Gasteiger charge is 2.58. The summed E-state index contributed by atoms with van der Waals surface area (Å²) < 4.78 is 40.0. The first-order chi connectivity index (χ1) is 12.3. The summed E-state index contributed by atoms with van der Waals surface area (Å²) >= 11 is 0. The van der Waals surface area contributed by atoms with Gasteiger partial charge < -0.3 is 15.1 Å². The molecule has 140 valence electrons. The molecule has 0 aromatic heterocycles. The molecular weight excluding hydrogens is 351 g/mol. The highest BCUT2D eigenvalue weighted by Crippen LogP contribution is 2.48. The minimum absolute atomic E-state index is 0.0789. The molecular formula is C17H18F3N3O3. The Labute approximate surface area is 147 Å². The van der Waals surface area contributed by atoms with E-state index < -0.39 is 34.5 Å². The number of hydrogen-bond donors (Lipinski definition) is 1. The Hall–Kier alpha value is -2.58. The molecule has 0 atom stereocenters. The number of amides is 3. The van der Waals surface area contributed by atoms with E-state index in [1.807, 2.05) is 0 Å². The number of anilines is 1. The first-order valence-corrected chi connectivity index (χ1v) is 8.26. The van der Waals surface area contributed by atoms with Gasteiger partial charge in [-0.15, -0.1) is 0 Å². The number of hydrogen-bond acceptors (Lipinski definition) is 3. The van der Waals surface area contributed by atoms with Crippen molar-refractivity contribution in [1.82, 2.24) is 9.80 Å². The second kappa shape index (κ2) is 6.62. The number of nitrogens with one attached hydrogen (secondary N) is 1. The molecule has 3 rings (SSSR count). The van der Waals surface area contributed by atoms with Crippen LogP contribution in [0, 0.1) is 22.9 Å². The second-order valence-corrected chi connectivity index (χ2v) is 6.56. The van der Waals surface area contributed by atoms with Gasteiger partial charge in [-0.2, -0.15) is 0 Å². The van der Waals surface area contributed by atoms with Crippen molar-refractivity contribution >= 4 is 23.4 Å². The third kappa shape index (κ3) is 3.13. The first-order valence-electron chi connectivity index (χ1n) is 8.26. The van der Waals surface area contributed by atoms with Crippen LogP contribution < -0.4 is 5.32 Å². The summed E-state index contributed by atoms with van der Waals surface area (Å²) in [5.74, 6) is -5.75. The lowest BCUT2D eigenvalue weighted by atomic mass is 10.0. The Balaban J connectivity index is 1.69. The van der Waals surface area contributed by atoms with Gasteiger partial charge in [-0.3, -0.25) is 14.4 Å². The number of rotatable bonds is 3. The van der Waals surface area contributed by atoms with Crippen LogP contribution in [0.2, 0.25) is 0 Å². The zero-order valence-electron chi connectivity index (χ0n) is 14.2. The Morgan fingerprint density at radius 3 is 2.08 bits per heavy atom. The lowest BCUT2D eigenvalue weighted by molar-refractivity contribution is -0.146. The van der Waals surface area contributed by atoms with Crippen molar-refractivity contribution in [2.24, 2.45) is 5.41 Å². The Kier molecular flexibility index (Phi) is 4.64. The average Bonchev–Trinajstić information content (AvgIpc) is 3.43. The van der Waals surface area contributed by atoms with E-state index in [1.54, 1.807) is 4.90 Å². The van der Waals surface area contributed by atoms with E-state index in [9.17, 15) is 27.6 Å². The van der Waals surface area contributed by atoms with E-state index in [1.165, 1.54) is 11.8 Å². The van der Waals surface area contributed by atoms with E-state index in [4.69, 9.17) is 0 Å². The van der Waals surface area contributed by atoms with Crippen molar-refractivity contribution in [3.63, 3.8) is 0 Å². The smallest absolute Gasteiger partial charge is 0.240 e. The molecule has 1 aliphatic heterocycles. The molecule has 2 fully saturated rings. The van der Waals surface area contributed by atoms with Crippen LogP contribution >= 0.6 is 0 Å². The summed E-state index contributed by atoms with van der Waals surface area (Å²) in [7, 11) is 0. The maximum atomic E-state index is 13.7. The zero-order valence-corrected chi connectivity index (χ0v) is 14.2. The fourth-order valence-corrected chi connectivity index (χ4v) is 3.05. The molecule has 0 unspecified atom stereocenters. The molecule has 1 aromatic rings. The zero-order chi connectivity index (χ0) is 19.1. The van der Waals surface area contributed by atoms with Crippen molar-refractivity contribution in [3.8, 4) is 0 Å². The lowest BCUT2D eigenvalue weighted by Crippen LogP contribution is -2.53. The Morgan fingerprint density at radius 1 is 0.962 bits per heavy atom. The van der Waals surface area contributed by atoms with Gasteiger partial charge in [0, 0.05) is 33.1 Å². The van der Waals surface area contributed by atoms with E-state index >= 15 is 0 Å². The molecule has 9 heteroatoms. The van der Waals surface area contributed by atoms with Gasteiger partial charge in [-0.05, 0) is 25.0 Å². The third-order valence-electron chi connectivity index (χ3n) is 4.89. The van der Waals surface area contributed by atoms with E-state index in [0.717, 1.165) is 6.07 Å². The van der Waals surface area contributed by atoms with Gasteiger partial charge in [0.15, 0.2) is 17.5 Å². The lowest BCUT2D eigenvalue weighted by Gasteiger charge is -2.35. The minimum Gasteiger partial charge on any atom is -0.339 e. The normalized spacial score (nSPS) is 18.5. The van der Waals surface area contributed by atoms with Gasteiger partial charge in [0.1, 0.15) is 5.41 Å². The molecule has 1 heterocycles. The van der Waals surface area contributed by atoms with Crippen molar-refractivity contribution in [2.45, 2.75) is 19.8 Å². The van der Waals surface area contributed by atoms with Crippen LogP contribution in [0.25, 0.3) is 0 Å².